The standard InChI is InChI=1S/C27H35F17O2Si/c1-8-19(13-17(6)9-10-18(7)45)14-46-47(15(2)3,16(4)5)12-11-20(28,29)21(30,31)22(32,33)23(34,35)24(36,37)25(38,39)26(40,41)27(42,43)44/h9-10,13,15-16,19H,8,11-12,14H2,1-7H3/b10-9+,17-13+. The van der Waals surface area contributed by atoms with Crippen molar-refractivity contribution in [1.29, 1.82) is 0 Å². The highest BCUT2D eigenvalue weighted by atomic mass is 28.4. The predicted octanol–water partition coefficient (Wildman–Crippen LogP) is 11.3. The molecule has 0 aromatic rings. The van der Waals surface area contributed by atoms with Crippen LogP contribution in [0.5, 0.6) is 0 Å². The second-order valence-electron chi connectivity index (χ2n) is 11.7. The van der Waals surface area contributed by atoms with Crippen molar-refractivity contribution in [2.45, 2.75) is 126 Å². The van der Waals surface area contributed by atoms with E-state index >= 15 is 0 Å². The SMILES string of the molecule is CCC(/C=C(C)/C=C/C(C)=O)CO[Si](CCC(F)(F)C(F)(F)C(F)(F)C(F)(F)C(F)(F)C(F)(F)C(F)(F)C(F)(F)F)(C(C)C)C(C)C. The van der Waals surface area contributed by atoms with E-state index in [1.807, 2.05) is 0 Å². The topological polar surface area (TPSA) is 26.3 Å². The van der Waals surface area contributed by atoms with E-state index < -0.39 is 85.4 Å². The Bertz CT molecular complexity index is 1120. The first-order valence-electron chi connectivity index (χ1n) is 13.8. The van der Waals surface area contributed by atoms with Crippen LogP contribution in [-0.2, 0) is 9.22 Å². The van der Waals surface area contributed by atoms with Crippen molar-refractivity contribution in [3.05, 3.63) is 23.8 Å². The molecule has 0 rings (SSSR count). The van der Waals surface area contributed by atoms with Crippen LogP contribution in [0.25, 0.3) is 0 Å². The van der Waals surface area contributed by atoms with Gasteiger partial charge < -0.3 is 4.43 Å². The average molecular weight is 743 g/mol. The third kappa shape index (κ3) is 8.31. The summed E-state index contributed by atoms with van der Waals surface area (Å²) >= 11 is 0. The highest BCUT2D eigenvalue weighted by Gasteiger charge is 2.95. The Morgan fingerprint density at radius 1 is 0.638 bits per heavy atom. The molecule has 47 heavy (non-hydrogen) atoms. The van der Waals surface area contributed by atoms with E-state index in [0.717, 1.165) is 0 Å². The largest absolute Gasteiger partial charge is 0.460 e. The number of allylic oxidation sites excluding steroid dienone is 3. The Kier molecular flexibility index (Phi) is 14.0. The van der Waals surface area contributed by atoms with Crippen LogP contribution in [0.1, 0.15) is 61.3 Å². The first-order chi connectivity index (χ1) is 20.6. The molecule has 0 saturated heterocycles. The number of hydrogen-bond acceptors (Lipinski definition) is 2. The Labute approximate surface area is 260 Å². The van der Waals surface area contributed by atoms with E-state index in [1.54, 1.807) is 19.9 Å². The van der Waals surface area contributed by atoms with Crippen molar-refractivity contribution in [3.63, 3.8) is 0 Å². The van der Waals surface area contributed by atoms with Crippen LogP contribution in [0.3, 0.4) is 0 Å². The average Bonchev–Trinajstić information content (AvgIpc) is 2.89. The minimum absolute atomic E-state index is 0.282. The zero-order chi connectivity index (χ0) is 38.0. The van der Waals surface area contributed by atoms with Crippen LogP contribution >= 0.6 is 0 Å². The number of carbonyl (C=O) groups excluding carboxylic acids is 1. The summed E-state index contributed by atoms with van der Waals surface area (Å²) < 4.78 is 239. The van der Waals surface area contributed by atoms with Crippen LogP contribution in [0.2, 0.25) is 17.1 Å². The molecule has 0 aliphatic carbocycles. The normalized spacial score (nSPS) is 16.5. The molecule has 278 valence electrons. The summed E-state index contributed by atoms with van der Waals surface area (Å²) in [5.74, 6) is -57.3. The second-order valence-corrected chi connectivity index (χ2v) is 16.8. The molecule has 0 aromatic carbocycles. The van der Waals surface area contributed by atoms with Gasteiger partial charge in [-0.3, -0.25) is 4.79 Å². The van der Waals surface area contributed by atoms with Crippen molar-refractivity contribution < 1.29 is 83.9 Å². The maximum absolute atomic E-state index is 14.8. The smallest absolute Gasteiger partial charge is 0.416 e. The maximum Gasteiger partial charge on any atom is 0.460 e. The van der Waals surface area contributed by atoms with E-state index in [-0.39, 0.29) is 12.4 Å². The number of rotatable bonds is 18. The summed E-state index contributed by atoms with van der Waals surface area (Å²) in [7, 11) is -3.86. The highest BCUT2D eigenvalue weighted by Crippen LogP contribution is 2.64. The number of ketones is 1. The molecule has 0 radical (unpaired) electrons. The summed E-state index contributed by atoms with van der Waals surface area (Å²) in [6, 6.07) is -1.24. The lowest BCUT2D eigenvalue weighted by Crippen LogP contribution is -2.74. The summed E-state index contributed by atoms with van der Waals surface area (Å²) in [6.45, 7) is 9.69. The van der Waals surface area contributed by atoms with Crippen molar-refractivity contribution in [2.24, 2.45) is 5.92 Å². The van der Waals surface area contributed by atoms with Crippen molar-refractivity contribution in [2.75, 3.05) is 6.61 Å². The van der Waals surface area contributed by atoms with Crippen molar-refractivity contribution >= 4 is 14.1 Å². The van der Waals surface area contributed by atoms with Gasteiger partial charge in [0.1, 0.15) is 0 Å². The van der Waals surface area contributed by atoms with Gasteiger partial charge >= 0.3 is 47.6 Å². The predicted molar refractivity (Wildman–Crippen MR) is 139 cm³/mol. The van der Waals surface area contributed by atoms with Gasteiger partial charge in [-0.05, 0) is 49.4 Å². The van der Waals surface area contributed by atoms with Gasteiger partial charge in [0.2, 0.25) is 0 Å². The molecule has 0 saturated carbocycles. The number of alkyl halides is 17. The van der Waals surface area contributed by atoms with E-state index in [2.05, 4.69) is 0 Å². The third-order valence-electron chi connectivity index (χ3n) is 7.74. The molecule has 0 heterocycles. The third-order valence-corrected chi connectivity index (χ3v) is 13.4. The summed E-state index contributed by atoms with van der Waals surface area (Å²) in [5.41, 5.74) is -1.04. The van der Waals surface area contributed by atoms with Crippen LogP contribution in [-0.4, -0.2) is 68.3 Å². The van der Waals surface area contributed by atoms with Crippen molar-refractivity contribution in [1.82, 2.24) is 0 Å². The molecule has 0 aromatic heterocycles. The summed E-state index contributed by atoms with van der Waals surface area (Å²) in [4.78, 5) is 11.1. The van der Waals surface area contributed by atoms with Crippen LogP contribution in [0, 0.1) is 5.92 Å². The van der Waals surface area contributed by atoms with E-state index in [0.29, 0.717) is 12.0 Å². The molecule has 20 heteroatoms. The maximum atomic E-state index is 14.8. The minimum atomic E-state index is -8.65. The number of carbonyl (C=O) groups is 1. The Morgan fingerprint density at radius 3 is 1.36 bits per heavy atom. The Balaban J connectivity index is 6.67. The fraction of sp³-hybridized carbons (Fsp3) is 0.815. The molecule has 1 unspecified atom stereocenters. The van der Waals surface area contributed by atoms with E-state index in [1.165, 1.54) is 46.8 Å². The molecule has 0 fully saturated rings. The molecule has 1 atom stereocenters. The number of hydrogen-bond donors (Lipinski definition) is 0. The zero-order valence-electron chi connectivity index (χ0n) is 26.0. The first kappa shape index (κ1) is 45.1. The minimum Gasteiger partial charge on any atom is -0.416 e. The lowest BCUT2D eigenvalue weighted by Gasteiger charge is -2.44. The number of halogens is 17. The summed E-state index contributed by atoms with van der Waals surface area (Å²) in [6.07, 6.45) is -5.71. The monoisotopic (exact) mass is 742 g/mol. The first-order valence-corrected chi connectivity index (χ1v) is 16.1. The van der Waals surface area contributed by atoms with Gasteiger partial charge in [0.15, 0.2) is 14.1 Å². The van der Waals surface area contributed by atoms with E-state index in [4.69, 9.17) is 4.43 Å². The molecule has 2 nitrogen and oxygen atoms in total. The summed E-state index contributed by atoms with van der Waals surface area (Å²) in [5, 5.41) is 0. The van der Waals surface area contributed by atoms with E-state index in [9.17, 15) is 79.4 Å². The van der Waals surface area contributed by atoms with Gasteiger partial charge in [-0.2, -0.15) is 74.6 Å². The molecule has 0 bridgehead atoms. The molecule has 0 N–H and O–H groups in total. The van der Waals surface area contributed by atoms with Gasteiger partial charge in [0.25, 0.3) is 0 Å². The van der Waals surface area contributed by atoms with Gasteiger partial charge in [-0.15, -0.1) is 0 Å². The van der Waals surface area contributed by atoms with Crippen LogP contribution < -0.4 is 0 Å². The Morgan fingerprint density at radius 2 is 1.02 bits per heavy atom. The van der Waals surface area contributed by atoms with Gasteiger partial charge in [-0.25, -0.2) is 0 Å². The van der Waals surface area contributed by atoms with Gasteiger partial charge in [0.05, 0.1) is 0 Å². The Hall–Kier alpha value is -1.86. The molecule has 0 aliphatic rings. The fourth-order valence-electron chi connectivity index (χ4n) is 4.58. The highest BCUT2D eigenvalue weighted by molar-refractivity contribution is 6.76. The second kappa shape index (κ2) is 14.5. The molecule has 0 aliphatic heterocycles. The zero-order valence-corrected chi connectivity index (χ0v) is 27.0. The van der Waals surface area contributed by atoms with Crippen LogP contribution in [0.4, 0.5) is 74.6 Å². The van der Waals surface area contributed by atoms with Gasteiger partial charge in [0, 0.05) is 13.0 Å². The lowest BCUT2D eigenvalue weighted by atomic mass is 9.88. The molecule has 0 spiro atoms. The molecular formula is C27H35F17O2Si. The fourth-order valence-corrected chi connectivity index (χ4v) is 9.11. The molecule has 0 amide bonds. The molecular weight excluding hydrogens is 707 g/mol. The quantitative estimate of drug-likeness (QED) is 0.0605. The lowest BCUT2D eigenvalue weighted by molar-refractivity contribution is -0.461. The van der Waals surface area contributed by atoms with Crippen LogP contribution in [0.15, 0.2) is 23.8 Å². The van der Waals surface area contributed by atoms with Gasteiger partial charge in [-0.1, -0.05) is 52.3 Å². The van der Waals surface area contributed by atoms with Crippen molar-refractivity contribution in [3.8, 4) is 0 Å².